The third kappa shape index (κ3) is 6.84. The number of rotatable bonds is 9. The van der Waals surface area contributed by atoms with Crippen molar-refractivity contribution in [2.24, 2.45) is 0 Å². The summed E-state index contributed by atoms with van der Waals surface area (Å²) < 4.78 is 5.28. The van der Waals surface area contributed by atoms with Gasteiger partial charge in [-0.05, 0) is 44.0 Å². The molecule has 0 aliphatic heterocycles. The van der Waals surface area contributed by atoms with Crippen molar-refractivity contribution in [2.45, 2.75) is 32.6 Å². The minimum Gasteiger partial charge on any atom is -0.508 e. The van der Waals surface area contributed by atoms with Crippen molar-refractivity contribution in [3.05, 3.63) is 24.3 Å². The molecule has 0 fully saturated rings. The van der Waals surface area contributed by atoms with Crippen LogP contribution in [0.5, 0.6) is 5.75 Å². The molecular formula is C14H23NO2. The van der Waals surface area contributed by atoms with Crippen molar-refractivity contribution >= 4 is 5.69 Å². The molecule has 0 amide bonds. The van der Waals surface area contributed by atoms with Gasteiger partial charge in [-0.25, -0.2) is 0 Å². The first-order chi connectivity index (χ1) is 8.33. The largest absolute Gasteiger partial charge is 0.508 e. The maximum Gasteiger partial charge on any atom is 0.115 e. The van der Waals surface area contributed by atoms with Gasteiger partial charge in [0.1, 0.15) is 5.75 Å². The van der Waals surface area contributed by atoms with Gasteiger partial charge >= 0.3 is 0 Å². The van der Waals surface area contributed by atoms with Gasteiger partial charge < -0.3 is 15.2 Å². The number of nitrogens with one attached hydrogen (secondary N) is 1. The second kappa shape index (κ2) is 8.88. The number of unbranched alkanes of at least 4 members (excludes halogenated alkanes) is 3. The van der Waals surface area contributed by atoms with Gasteiger partial charge in [-0.3, -0.25) is 0 Å². The summed E-state index contributed by atoms with van der Waals surface area (Å²) in [6.45, 7) is 4.73. The minimum atomic E-state index is 0.312. The maximum absolute atomic E-state index is 9.13. The first-order valence-electron chi connectivity index (χ1n) is 6.43. The molecule has 17 heavy (non-hydrogen) atoms. The molecule has 0 aliphatic rings. The molecule has 0 aromatic heterocycles. The number of hydrogen-bond donors (Lipinski definition) is 2. The van der Waals surface area contributed by atoms with E-state index in [0.29, 0.717) is 5.75 Å². The summed E-state index contributed by atoms with van der Waals surface area (Å²) in [5.74, 6) is 0.312. The van der Waals surface area contributed by atoms with E-state index in [9.17, 15) is 0 Å². The Morgan fingerprint density at radius 3 is 2.47 bits per heavy atom. The predicted molar refractivity (Wildman–Crippen MR) is 71.6 cm³/mol. The standard InChI is InChI=1S/C14H23NO2/c1-2-17-12-6-4-3-5-11-15-13-7-9-14(16)10-8-13/h7-10,15-16H,2-6,11-12H2,1H3. The summed E-state index contributed by atoms with van der Waals surface area (Å²) in [4.78, 5) is 0. The molecular weight excluding hydrogens is 214 g/mol. The lowest BCUT2D eigenvalue weighted by Crippen LogP contribution is -2.01. The molecule has 1 aromatic rings. The summed E-state index contributed by atoms with van der Waals surface area (Å²) in [6.07, 6.45) is 4.80. The third-order valence-electron chi connectivity index (χ3n) is 2.62. The van der Waals surface area contributed by atoms with E-state index in [-0.39, 0.29) is 0 Å². The molecule has 96 valence electrons. The van der Waals surface area contributed by atoms with Gasteiger partial charge in [-0.15, -0.1) is 0 Å². The van der Waals surface area contributed by atoms with Crippen LogP contribution in [0.25, 0.3) is 0 Å². The van der Waals surface area contributed by atoms with E-state index in [1.807, 2.05) is 19.1 Å². The molecule has 0 atom stereocenters. The smallest absolute Gasteiger partial charge is 0.115 e. The highest BCUT2D eigenvalue weighted by molar-refractivity contribution is 5.45. The van der Waals surface area contributed by atoms with Gasteiger partial charge in [0, 0.05) is 25.4 Å². The zero-order chi connectivity index (χ0) is 12.3. The van der Waals surface area contributed by atoms with E-state index in [0.717, 1.165) is 31.9 Å². The Labute approximate surface area is 104 Å². The second-order valence-corrected chi connectivity index (χ2v) is 4.08. The van der Waals surface area contributed by atoms with Gasteiger partial charge in [-0.1, -0.05) is 12.8 Å². The van der Waals surface area contributed by atoms with Gasteiger partial charge in [0.2, 0.25) is 0 Å². The van der Waals surface area contributed by atoms with Crippen LogP contribution in [0.1, 0.15) is 32.6 Å². The lowest BCUT2D eigenvalue weighted by molar-refractivity contribution is 0.143. The van der Waals surface area contributed by atoms with Crippen LogP contribution in [0.15, 0.2) is 24.3 Å². The monoisotopic (exact) mass is 237 g/mol. The van der Waals surface area contributed by atoms with Crippen molar-refractivity contribution in [1.82, 2.24) is 0 Å². The van der Waals surface area contributed by atoms with Crippen LogP contribution in [-0.4, -0.2) is 24.9 Å². The lowest BCUT2D eigenvalue weighted by Gasteiger charge is -2.06. The van der Waals surface area contributed by atoms with Crippen LogP contribution < -0.4 is 5.32 Å². The molecule has 0 aliphatic carbocycles. The molecule has 1 aromatic carbocycles. The van der Waals surface area contributed by atoms with Crippen LogP contribution in [0.4, 0.5) is 5.69 Å². The van der Waals surface area contributed by atoms with Gasteiger partial charge in [0.05, 0.1) is 0 Å². The average molecular weight is 237 g/mol. The Kier molecular flexibility index (Phi) is 7.23. The Bertz CT molecular complexity index is 285. The fourth-order valence-corrected chi connectivity index (χ4v) is 1.64. The zero-order valence-electron chi connectivity index (χ0n) is 10.6. The molecule has 3 nitrogen and oxygen atoms in total. The fraction of sp³-hybridized carbons (Fsp3) is 0.571. The fourth-order valence-electron chi connectivity index (χ4n) is 1.64. The summed E-state index contributed by atoms with van der Waals surface area (Å²) in [5, 5.41) is 12.5. The van der Waals surface area contributed by atoms with Crippen molar-refractivity contribution in [2.75, 3.05) is 25.1 Å². The first-order valence-corrected chi connectivity index (χ1v) is 6.43. The topological polar surface area (TPSA) is 41.5 Å². The zero-order valence-corrected chi connectivity index (χ0v) is 10.6. The molecule has 0 saturated heterocycles. The first kappa shape index (κ1) is 13.8. The lowest BCUT2D eigenvalue weighted by atomic mass is 10.2. The van der Waals surface area contributed by atoms with Crippen molar-refractivity contribution in [1.29, 1.82) is 0 Å². The predicted octanol–water partition coefficient (Wildman–Crippen LogP) is 3.40. The molecule has 1 rings (SSSR count). The normalized spacial score (nSPS) is 10.4. The SMILES string of the molecule is CCOCCCCCCNc1ccc(O)cc1. The molecule has 0 radical (unpaired) electrons. The molecule has 0 unspecified atom stereocenters. The Morgan fingerprint density at radius 2 is 1.76 bits per heavy atom. The van der Waals surface area contributed by atoms with Crippen molar-refractivity contribution in [3.8, 4) is 5.75 Å². The number of hydrogen-bond acceptors (Lipinski definition) is 3. The molecule has 0 bridgehead atoms. The van der Waals surface area contributed by atoms with E-state index in [1.54, 1.807) is 12.1 Å². The van der Waals surface area contributed by atoms with Crippen molar-refractivity contribution in [3.63, 3.8) is 0 Å². The molecule has 2 N–H and O–H groups in total. The summed E-state index contributed by atoms with van der Waals surface area (Å²) in [7, 11) is 0. The minimum absolute atomic E-state index is 0.312. The van der Waals surface area contributed by atoms with E-state index in [4.69, 9.17) is 9.84 Å². The summed E-state index contributed by atoms with van der Waals surface area (Å²) in [5.41, 5.74) is 1.07. The molecule has 0 heterocycles. The maximum atomic E-state index is 9.13. The second-order valence-electron chi connectivity index (χ2n) is 4.08. The summed E-state index contributed by atoms with van der Waals surface area (Å²) >= 11 is 0. The van der Waals surface area contributed by atoms with E-state index >= 15 is 0 Å². The van der Waals surface area contributed by atoms with Gasteiger partial charge in [-0.2, -0.15) is 0 Å². The van der Waals surface area contributed by atoms with Crippen LogP contribution in [0.3, 0.4) is 0 Å². The van der Waals surface area contributed by atoms with Gasteiger partial charge in [0.25, 0.3) is 0 Å². The Balaban J connectivity index is 1.95. The Hall–Kier alpha value is -1.22. The van der Waals surface area contributed by atoms with E-state index in [1.165, 1.54) is 19.3 Å². The molecule has 3 heteroatoms. The average Bonchev–Trinajstić information content (AvgIpc) is 2.35. The number of benzene rings is 1. The van der Waals surface area contributed by atoms with Crippen LogP contribution in [0, 0.1) is 0 Å². The number of aromatic hydroxyl groups is 1. The highest BCUT2D eigenvalue weighted by Gasteiger charge is 1.93. The van der Waals surface area contributed by atoms with E-state index < -0.39 is 0 Å². The third-order valence-corrected chi connectivity index (χ3v) is 2.62. The van der Waals surface area contributed by atoms with Crippen molar-refractivity contribution < 1.29 is 9.84 Å². The number of ether oxygens (including phenoxy) is 1. The van der Waals surface area contributed by atoms with Crippen LogP contribution >= 0.6 is 0 Å². The molecule has 0 spiro atoms. The number of phenolic OH excluding ortho intramolecular Hbond substituents is 1. The van der Waals surface area contributed by atoms with Crippen LogP contribution in [-0.2, 0) is 4.74 Å². The highest BCUT2D eigenvalue weighted by Crippen LogP contribution is 2.13. The Morgan fingerprint density at radius 1 is 1.06 bits per heavy atom. The highest BCUT2D eigenvalue weighted by atomic mass is 16.5. The van der Waals surface area contributed by atoms with E-state index in [2.05, 4.69) is 5.32 Å². The number of anilines is 1. The quantitative estimate of drug-likeness (QED) is 0.511. The van der Waals surface area contributed by atoms with Crippen LogP contribution in [0.2, 0.25) is 0 Å². The van der Waals surface area contributed by atoms with Gasteiger partial charge in [0.15, 0.2) is 0 Å². The summed E-state index contributed by atoms with van der Waals surface area (Å²) in [6, 6.07) is 7.18. The number of phenols is 1. The molecule has 0 saturated carbocycles.